The Morgan fingerprint density at radius 3 is 2.59 bits per heavy atom. The van der Waals surface area contributed by atoms with Crippen LogP contribution < -0.4 is 0 Å². The Hall–Kier alpha value is -0.120. The predicted octanol–water partition coefficient (Wildman–Crippen LogP) is 3.52. The zero-order chi connectivity index (χ0) is 12.3. The highest BCUT2D eigenvalue weighted by atomic mass is 16.7. The summed E-state index contributed by atoms with van der Waals surface area (Å²) in [5, 5.41) is 0. The molecule has 0 aliphatic carbocycles. The summed E-state index contributed by atoms with van der Waals surface area (Å²) in [5.41, 5.74) is 0. The maximum Gasteiger partial charge on any atom is 0.147 e. The Kier molecular flexibility index (Phi) is 8.67. The molecule has 1 fully saturated rings. The third kappa shape index (κ3) is 8.58. The molecule has 3 heteroatoms. The van der Waals surface area contributed by atoms with E-state index in [4.69, 9.17) is 14.2 Å². The van der Waals surface area contributed by atoms with E-state index in [9.17, 15) is 0 Å². The summed E-state index contributed by atoms with van der Waals surface area (Å²) >= 11 is 0. The molecule has 0 N–H and O–H groups in total. The molecule has 0 amide bonds. The minimum absolute atomic E-state index is 0.340. The standard InChI is InChI=1S/C14H28O3/c1-3-5-6-7-8-9-13(4-2)17-12-15-10-14-11-16-14/h13-14H,3-12H2,1-2H3. The summed E-state index contributed by atoms with van der Waals surface area (Å²) in [6.45, 7) is 6.40. The summed E-state index contributed by atoms with van der Waals surface area (Å²) < 4.78 is 16.1. The van der Waals surface area contributed by atoms with Crippen molar-refractivity contribution in [2.24, 2.45) is 0 Å². The van der Waals surface area contributed by atoms with Crippen LogP contribution in [0.4, 0.5) is 0 Å². The fourth-order valence-corrected chi connectivity index (χ4v) is 1.87. The Labute approximate surface area is 106 Å². The number of hydrogen-bond acceptors (Lipinski definition) is 3. The molecule has 1 aliphatic rings. The lowest BCUT2D eigenvalue weighted by Gasteiger charge is -2.15. The normalized spacial score (nSPS) is 20.5. The highest BCUT2D eigenvalue weighted by Gasteiger charge is 2.22. The fourth-order valence-electron chi connectivity index (χ4n) is 1.87. The molecule has 0 aromatic heterocycles. The van der Waals surface area contributed by atoms with Gasteiger partial charge in [0, 0.05) is 0 Å². The number of rotatable bonds is 12. The van der Waals surface area contributed by atoms with E-state index < -0.39 is 0 Å². The van der Waals surface area contributed by atoms with Gasteiger partial charge in [-0.15, -0.1) is 0 Å². The molecule has 0 spiro atoms. The van der Waals surface area contributed by atoms with Gasteiger partial charge >= 0.3 is 0 Å². The van der Waals surface area contributed by atoms with Crippen molar-refractivity contribution in [3.8, 4) is 0 Å². The van der Waals surface area contributed by atoms with Crippen LogP contribution in [0.25, 0.3) is 0 Å². The van der Waals surface area contributed by atoms with Gasteiger partial charge in [0.15, 0.2) is 0 Å². The van der Waals surface area contributed by atoms with Crippen LogP contribution in [0.1, 0.15) is 58.8 Å². The Balaban J connectivity index is 1.86. The minimum atomic E-state index is 0.340. The summed E-state index contributed by atoms with van der Waals surface area (Å²) in [6, 6.07) is 0. The maximum atomic E-state index is 5.70. The van der Waals surface area contributed by atoms with Crippen molar-refractivity contribution in [2.45, 2.75) is 71.0 Å². The molecule has 17 heavy (non-hydrogen) atoms. The van der Waals surface area contributed by atoms with Crippen LogP contribution in [-0.4, -0.2) is 32.2 Å². The average Bonchev–Trinajstić information content (AvgIpc) is 3.15. The van der Waals surface area contributed by atoms with Gasteiger partial charge in [0.05, 0.1) is 19.3 Å². The first-order chi connectivity index (χ1) is 8.36. The third-order valence-corrected chi connectivity index (χ3v) is 3.18. The van der Waals surface area contributed by atoms with Crippen LogP contribution in [-0.2, 0) is 14.2 Å². The number of hydrogen-bond donors (Lipinski definition) is 0. The van der Waals surface area contributed by atoms with Gasteiger partial charge in [0.2, 0.25) is 0 Å². The first-order valence-electron chi connectivity index (χ1n) is 7.17. The van der Waals surface area contributed by atoms with E-state index in [1.54, 1.807) is 0 Å². The van der Waals surface area contributed by atoms with Crippen molar-refractivity contribution in [1.29, 1.82) is 0 Å². The second-order valence-electron chi connectivity index (χ2n) is 4.84. The SMILES string of the molecule is CCCCCCCC(CC)OCOCC1CO1. The van der Waals surface area contributed by atoms with Crippen molar-refractivity contribution in [3.63, 3.8) is 0 Å². The number of ether oxygens (including phenoxy) is 3. The van der Waals surface area contributed by atoms with Gasteiger partial charge in [-0.05, 0) is 12.8 Å². The smallest absolute Gasteiger partial charge is 0.147 e. The fraction of sp³-hybridized carbons (Fsp3) is 1.00. The first kappa shape index (κ1) is 14.9. The van der Waals surface area contributed by atoms with E-state index in [0.29, 0.717) is 25.6 Å². The van der Waals surface area contributed by atoms with Crippen molar-refractivity contribution in [2.75, 3.05) is 20.0 Å². The lowest BCUT2D eigenvalue weighted by molar-refractivity contribution is -0.0953. The quantitative estimate of drug-likeness (QED) is 0.299. The minimum Gasteiger partial charge on any atom is -0.371 e. The van der Waals surface area contributed by atoms with Gasteiger partial charge < -0.3 is 14.2 Å². The lowest BCUT2D eigenvalue weighted by Crippen LogP contribution is -2.15. The summed E-state index contributed by atoms with van der Waals surface area (Å²) in [5.74, 6) is 0. The number of unbranched alkanes of at least 4 members (excludes halogenated alkanes) is 4. The van der Waals surface area contributed by atoms with E-state index in [1.165, 1.54) is 38.5 Å². The van der Waals surface area contributed by atoms with Crippen molar-refractivity contribution < 1.29 is 14.2 Å². The summed E-state index contributed by atoms with van der Waals surface area (Å²) in [7, 11) is 0. The molecule has 0 aromatic carbocycles. The van der Waals surface area contributed by atoms with Crippen molar-refractivity contribution >= 4 is 0 Å². The zero-order valence-electron chi connectivity index (χ0n) is 11.5. The van der Waals surface area contributed by atoms with Crippen LogP contribution in [0.2, 0.25) is 0 Å². The molecule has 0 radical (unpaired) electrons. The lowest BCUT2D eigenvalue weighted by atomic mass is 10.1. The molecule has 1 saturated heterocycles. The van der Waals surface area contributed by atoms with Crippen molar-refractivity contribution in [1.82, 2.24) is 0 Å². The Morgan fingerprint density at radius 2 is 1.94 bits per heavy atom. The van der Waals surface area contributed by atoms with Gasteiger partial charge in [-0.2, -0.15) is 0 Å². The maximum absolute atomic E-state index is 5.70. The molecule has 3 nitrogen and oxygen atoms in total. The highest BCUT2D eigenvalue weighted by molar-refractivity contribution is 4.66. The first-order valence-corrected chi connectivity index (χ1v) is 7.17. The van der Waals surface area contributed by atoms with Gasteiger partial charge in [0.1, 0.15) is 12.9 Å². The molecule has 1 aliphatic heterocycles. The summed E-state index contributed by atoms with van der Waals surface area (Å²) in [4.78, 5) is 0. The second-order valence-corrected chi connectivity index (χ2v) is 4.84. The third-order valence-electron chi connectivity index (χ3n) is 3.18. The Bertz CT molecular complexity index is 169. The van der Waals surface area contributed by atoms with Crippen LogP contribution in [0, 0.1) is 0 Å². The van der Waals surface area contributed by atoms with E-state index in [2.05, 4.69) is 13.8 Å². The molecule has 2 atom stereocenters. The molecular formula is C14H28O3. The predicted molar refractivity (Wildman–Crippen MR) is 69.1 cm³/mol. The molecule has 0 aromatic rings. The van der Waals surface area contributed by atoms with Crippen LogP contribution in [0.3, 0.4) is 0 Å². The van der Waals surface area contributed by atoms with E-state index in [0.717, 1.165) is 13.0 Å². The molecule has 2 unspecified atom stereocenters. The van der Waals surface area contributed by atoms with E-state index in [1.807, 2.05) is 0 Å². The zero-order valence-corrected chi connectivity index (χ0v) is 11.5. The monoisotopic (exact) mass is 244 g/mol. The topological polar surface area (TPSA) is 31.0 Å². The van der Waals surface area contributed by atoms with Crippen molar-refractivity contribution in [3.05, 3.63) is 0 Å². The second kappa shape index (κ2) is 9.86. The molecular weight excluding hydrogens is 216 g/mol. The van der Waals surface area contributed by atoms with Gasteiger partial charge in [0.25, 0.3) is 0 Å². The molecule has 102 valence electrons. The highest BCUT2D eigenvalue weighted by Crippen LogP contribution is 2.13. The Morgan fingerprint density at radius 1 is 1.18 bits per heavy atom. The molecule has 1 heterocycles. The molecule has 0 bridgehead atoms. The van der Waals surface area contributed by atoms with Crippen LogP contribution >= 0.6 is 0 Å². The number of epoxide rings is 1. The van der Waals surface area contributed by atoms with Crippen LogP contribution in [0.15, 0.2) is 0 Å². The van der Waals surface area contributed by atoms with Gasteiger partial charge in [-0.1, -0.05) is 46.0 Å². The van der Waals surface area contributed by atoms with E-state index >= 15 is 0 Å². The van der Waals surface area contributed by atoms with Crippen LogP contribution in [0.5, 0.6) is 0 Å². The van der Waals surface area contributed by atoms with Gasteiger partial charge in [-0.3, -0.25) is 0 Å². The largest absolute Gasteiger partial charge is 0.371 e. The molecule has 1 rings (SSSR count). The summed E-state index contributed by atoms with van der Waals surface area (Å²) in [6.07, 6.45) is 9.62. The van der Waals surface area contributed by atoms with E-state index in [-0.39, 0.29) is 0 Å². The molecule has 0 saturated carbocycles. The van der Waals surface area contributed by atoms with Gasteiger partial charge in [-0.25, -0.2) is 0 Å². The average molecular weight is 244 g/mol.